The normalized spacial score (nSPS) is 47.1. The number of allylic oxidation sites excluding steroid dienone is 2. The van der Waals surface area contributed by atoms with Gasteiger partial charge in [-0.05, 0) is 92.8 Å². The summed E-state index contributed by atoms with van der Waals surface area (Å²) in [5, 5.41) is 67.2. The van der Waals surface area contributed by atoms with Gasteiger partial charge in [-0.15, -0.1) is 0 Å². The van der Waals surface area contributed by atoms with Gasteiger partial charge in [0, 0.05) is 25.2 Å². The predicted octanol–water partition coefficient (Wildman–Crippen LogP) is 3.71. The van der Waals surface area contributed by atoms with Crippen molar-refractivity contribution < 1.29 is 68.6 Å². The van der Waals surface area contributed by atoms with E-state index in [1.165, 1.54) is 19.4 Å². The second-order valence-electron chi connectivity index (χ2n) is 20.3. The molecule has 2 aliphatic heterocycles. The Labute approximate surface area is 349 Å². The van der Waals surface area contributed by atoms with Crippen molar-refractivity contribution in [3.05, 3.63) is 23.3 Å². The molecule has 10 unspecified atom stereocenters. The first kappa shape index (κ1) is 46.5. The van der Waals surface area contributed by atoms with Crippen molar-refractivity contribution in [2.45, 2.75) is 188 Å². The van der Waals surface area contributed by atoms with Crippen molar-refractivity contribution in [3.8, 4) is 0 Å². The van der Waals surface area contributed by atoms with Gasteiger partial charge in [0.05, 0.1) is 24.9 Å². The lowest BCUT2D eigenvalue weighted by Crippen LogP contribution is -2.63. The summed E-state index contributed by atoms with van der Waals surface area (Å²) in [6.45, 7) is 19.7. The highest BCUT2D eigenvalue weighted by atomic mass is 16.7. The molecule has 0 spiro atoms. The molecule has 4 aliphatic carbocycles. The molecule has 0 radical (unpaired) electrons. The van der Waals surface area contributed by atoms with E-state index in [0.717, 1.165) is 37.7 Å². The summed E-state index contributed by atoms with van der Waals surface area (Å²) in [5.74, 6) is -1.00. The number of carbonyl (C=O) groups excluding carboxylic acids is 2. The smallest absolute Gasteiger partial charge is 0.303 e. The summed E-state index contributed by atoms with van der Waals surface area (Å²) < 4.78 is 35.5. The molecular formula is C45H72O14. The van der Waals surface area contributed by atoms with Gasteiger partial charge in [0.2, 0.25) is 0 Å². The van der Waals surface area contributed by atoms with Gasteiger partial charge >= 0.3 is 11.9 Å². The van der Waals surface area contributed by atoms with Gasteiger partial charge in [-0.2, -0.15) is 0 Å². The van der Waals surface area contributed by atoms with Crippen molar-refractivity contribution >= 4 is 11.9 Å². The minimum atomic E-state index is -1.58. The monoisotopic (exact) mass is 836 g/mol. The summed E-state index contributed by atoms with van der Waals surface area (Å²) in [7, 11) is 0. The first-order valence-corrected chi connectivity index (χ1v) is 21.8. The van der Waals surface area contributed by atoms with Gasteiger partial charge in [-0.3, -0.25) is 9.59 Å². The zero-order valence-electron chi connectivity index (χ0n) is 36.7. The van der Waals surface area contributed by atoms with Crippen LogP contribution in [-0.4, -0.2) is 129 Å². The van der Waals surface area contributed by atoms with Crippen molar-refractivity contribution in [1.29, 1.82) is 0 Å². The fraction of sp³-hybridized carbons (Fsp3) is 0.867. The van der Waals surface area contributed by atoms with E-state index in [2.05, 4.69) is 61.5 Å². The molecule has 0 bridgehead atoms. The summed E-state index contributed by atoms with van der Waals surface area (Å²) in [6.07, 6.45) is -3.72. The van der Waals surface area contributed by atoms with Crippen molar-refractivity contribution in [1.82, 2.24) is 0 Å². The first-order valence-electron chi connectivity index (χ1n) is 21.8. The number of aliphatic hydroxyl groups excluding tert-OH is 6. The third-order valence-corrected chi connectivity index (χ3v) is 16.0. The number of fused-ring (bicyclic) bond motifs is 5. The highest BCUT2D eigenvalue weighted by Crippen LogP contribution is 2.75. The molecule has 6 aliphatic rings. The van der Waals surface area contributed by atoms with E-state index in [1.54, 1.807) is 0 Å². The second-order valence-corrected chi connectivity index (χ2v) is 20.3. The molecule has 14 heteroatoms. The summed E-state index contributed by atoms with van der Waals surface area (Å²) in [5.41, 5.74) is 0.736. The Morgan fingerprint density at radius 3 is 2.15 bits per heavy atom. The molecule has 0 aromatic rings. The van der Waals surface area contributed by atoms with Crippen LogP contribution in [0.25, 0.3) is 0 Å². The van der Waals surface area contributed by atoms with Gasteiger partial charge in [-0.25, -0.2) is 0 Å². The Balaban J connectivity index is 1.29. The van der Waals surface area contributed by atoms with Crippen molar-refractivity contribution in [2.24, 2.45) is 45.3 Å². The lowest BCUT2D eigenvalue weighted by molar-refractivity contribution is -0.316. The number of esters is 2. The van der Waals surface area contributed by atoms with E-state index in [9.17, 15) is 40.2 Å². The summed E-state index contributed by atoms with van der Waals surface area (Å²) in [6, 6.07) is 0. The van der Waals surface area contributed by atoms with Crippen molar-refractivity contribution in [2.75, 3.05) is 13.2 Å². The van der Waals surface area contributed by atoms with Crippen LogP contribution in [0, 0.1) is 45.3 Å². The Morgan fingerprint density at radius 1 is 0.831 bits per heavy atom. The van der Waals surface area contributed by atoms with Crippen molar-refractivity contribution in [3.63, 3.8) is 0 Å². The fourth-order valence-corrected chi connectivity index (χ4v) is 12.9. The zero-order valence-corrected chi connectivity index (χ0v) is 36.7. The molecule has 2 saturated heterocycles. The van der Waals surface area contributed by atoms with Crippen LogP contribution < -0.4 is 0 Å². The third-order valence-electron chi connectivity index (χ3n) is 16.0. The molecule has 0 aromatic heterocycles. The summed E-state index contributed by atoms with van der Waals surface area (Å²) in [4.78, 5) is 23.2. The largest absolute Gasteiger partial charge is 0.463 e. The molecule has 2 heterocycles. The first-order chi connectivity index (χ1) is 27.5. The quantitative estimate of drug-likeness (QED) is 0.130. The second kappa shape index (κ2) is 17.3. The van der Waals surface area contributed by atoms with E-state index < -0.39 is 96.4 Å². The average Bonchev–Trinajstić information content (AvgIpc) is 3.37. The molecule has 6 rings (SSSR count). The lowest BCUT2D eigenvalue weighted by Gasteiger charge is -2.67. The van der Waals surface area contributed by atoms with Gasteiger partial charge in [0.15, 0.2) is 18.7 Å². The molecular weight excluding hydrogens is 764 g/mol. The molecule has 19 atom stereocenters. The minimum Gasteiger partial charge on any atom is -0.463 e. The fourth-order valence-electron chi connectivity index (χ4n) is 12.9. The van der Waals surface area contributed by atoms with Crippen LogP contribution in [0.2, 0.25) is 0 Å². The molecule has 59 heavy (non-hydrogen) atoms. The Bertz CT molecular complexity index is 1590. The molecule has 6 N–H and O–H groups in total. The topological polar surface area (TPSA) is 211 Å². The highest BCUT2D eigenvalue weighted by molar-refractivity contribution is 5.66. The van der Waals surface area contributed by atoms with E-state index in [0.29, 0.717) is 12.8 Å². The van der Waals surface area contributed by atoms with Crippen LogP contribution >= 0.6 is 0 Å². The molecule has 5 fully saturated rings. The Hall–Kier alpha value is -1.98. The van der Waals surface area contributed by atoms with Crippen LogP contribution in [0.4, 0.5) is 0 Å². The van der Waals surface area contributed by atoms with Gasteiger partial charge in [-0.1, -0.05) is 64.8 Å². The standard InChI is InChI=1S/C45H72O14/c1-22(2)12-11-13-23(3)33-29(57-41-38(53)36(51)34(49)31(58-41)20-54-24(4)46)19-45(10)39-28(48)18-27-26(43(39,8)16-17-44(33,45)9)14-15-32(42(27,6)7)59-40-37(52)35(50)30(21-55-40)56-25(5)47/h12,18,23,26,28-41,48-53H,11,13-17,19-21H2,1-10H3/t23-,26-,28+,29+,30?,31?,32+,33?,34?,35?,36?,37?,38?,39-,40?,41?,43+,44-,45+/m1/s1. The Kier molecular flexibility index (Phi) is 13.6. The van der Waals surface area contributed by atoms with Gasteiger partial charge < -0.3 is 59.1 Å². The van der Waals surface area contributed by atoms with Crippen LogP contribution in [-0.2, 0) is 38.0 Å². The molecule has 336 valence electrons. The lowest BCUT2D eigenvalue weighted by atomic mass is 9.38. The van der Waals surface area contributed by atoms with E-state index in [-0.39, 0.29) is 47.7 Å². The molecule has 14 nitrogen and oxygen atoms in total. The highest BCUT2D eigenvalue weighted by Gasteiger charge is 2.72. The maximum absolute atomic E-state index is 12.6. The number of aliphatic hydroxyl groups is 6. The number of rotatable bonds is 11. The maximum Gasteiger partial charge on any atom is 0.303 e. The van der Waals surface area contributed by atoms with Gasteiger partial charge in [0.1, 0.15) is 43.2 Å². The third kappa shape index (κ3) is 8.34. The average molecular weight is 837 g/mol. The van der Waals surface area contributed by atoms with Crippen LogP contribution in [0.5, 0.6) is 0 Å². The molecule has 3 saturated carbocycles. The van der Waals surface area contributed by atoms with E-state index in [4.69, 9.17) is 28.4 Å². The minimum absolute atomic E-state index is 0.00908. The Morgan fingerprint density at radius 2 is 1.51 bits per heavy atom. The van der Waals surface area contributed by atoms with Crippen LogP contribution in [0.15, 0.2) is 23.3 Å². The SMILES string of the molecule is CC(=O)OCC1OC(O[C@H]2C[C@@]3(C)[C@@H]4[C@@H](O)C=C5[C@@H](CC[C@H](OC6OCC(OC(C)=O)C(O)C6O)C5(C)C)[C@]4(C)CC[C@]3(C)C2[C@H](C)CCC=C(C)C)C(O)C(O)C1O. The van der Waals surface area contributed by atoms with Crippen LogP contribution in [0.3, 0.4) is 0 Å². The number of hydrogen-bond acceptors (Lipinski definition) is 14. The zero-order chi connectivity index (χ0) is 43.6. The number of hydrogen-bond donors (Lipinski definition) is 6. The number of carbonyl (C=O) groups is 2. The van der Waals surface area contributed by atoms with Crippen LogP contribution in [0.1, 0.15) is 114 Å². The number of ether oxygens (including phenoxy) is 6. The maximum atomic E-state index is 12.6. The van der Waals surface area contributed by atoms with Gasteiger partial charge in [0.25, 0.3) is 0 Å². The predicted molar refractivity (Wildman–Crippen MR) is 214 cm³/mol. The molecule has 0 amide bonds. The van der Waals surface area contributed by atoms with E-state index >= 15 is 0 Å². The van der Waals surface area contributed by atoms with E-state index in [1.807, 2.05) is 6.08 Å². The summed E-state index contributed by atoms with van der Waals surface area (Å²) >= 11 is 0. The molecule has 0 aromatic carbocycles.